The van der Waals surface area contributed by atoms with Crippen molar-refractivity contribution in [3.05, 3.63) is 83.2 Å². The number of primary amides is 1. The summed E-state index contributed by atoms with van der Waals surface area (Å²) >= 11 is 0. The van der Waals surface area contributed by atoms with Gasteiger partial charge in [-0.1, -0.05) is 24.3 Å². The fraction of sp³-hybridized carbons (Fsp3) is 0.0500. The molecule has 4 rings (SSSR count). The second-order valence-electron chi connectivity index (χ2n) is 6.02. The van der Waals surface area contributed by atoms with Gasteiger partial charge in [-0.15, -0.1) is 0 Å². The second kappa shape index (κ2) is 5.91. The van der Waals surface area contributed by atoms with E-state index in [9.17, 15) is 18.0 Å². The van der Waals surface area contributed by atoms with Gasteiger partial charge >= 0.3 is 0 Å². The number of hydrogen-bond donors (Lipinski definition) is 1. The predicted molar refractivity (Wildman–Crippen MR) is 93.4 cm³/mol. The van der Waals surface area contributed by atoms with Crippen molar-refractivity contribution in [2.24, 2.45) is 5.73 Å². The molecule has 3 aromatic carbocycles. The monoisotopic (exact) mass is 354 g/mol. The van der Waals surface area contributed by atoms with Gasteiger partial charge in [0.05, 0.1) is 12.1 Å². The summed E-state index contributed by atoms with van der Waals surface area (Å²) in [4.78, 5) is 11.8. The van der Waals surface area contributed by atoms with Crippen LogP contribution < -0.4 is 5.73 Å². The number of rotatable bonds is 3. The molecule has 130 valence electrons. The van der Waals surface area contributed by atoms with Crippen LogP contribution in [0.3, 0.4) is 0 Å². The predicted octanol–water partition coefficient (Wildman–Crippen LogP) is 4.36. The highest BCUT2D eigenvalue weighted by atomic mass is 19.1. The van der Waals surface area contributed by atoms with Crippen LogP contribution >= 0.6 is 0 Å². The summed E-state index contributed by atoms with van der Waals surface area (Å²) in [5.41, 5.74) is 6.88. The number of hydrogen-bond acceptors (Lipinski definition) is 1. The zero-order valence-electron chi connectivity index (χ0n) is 13.5. The van der Waals surface area contributed by atoms with Crippen molar-refractivity contribution in [2.45, 2.75) is 6.54 Å². The summed E-state index contributed by atoms with van der Waals surface area (Å²) in [6.45, 7) is -0.149. The lowest BCUT2D eigenvalue weighted by Crippen LogP contribution is -2.11. The van der Waals surface area contributed by atoms with Crippen molar-refractivity contribution in [3.8, 4) is 0 Å². The van der Waals surface area contributed by atoms with E-state index in [1.54, 1.807) is 34.9 Å². The zero-order chi connectivity index (χ0) is 18.4. The molecule has 1 amide bonds. The smallest absolute Gasteiger partial charge is 0.249 e. The molecule has 1 heterocycles. The lowest BCUT2D eigenvalue weighted by Gasteiger charge is -2.10. The third kappa shape index (κ3) is 2.42. The van der Waals surface area contributed by atoms with E-state index < -0.39 is 23.4 Å². The molecule has 0 bridgehead atoms. The summed E-state index contributed by atoms with van der Waals surface area (Å²) in [7, 11) is 0. The topological polar surface area (TPSA) is 48.0 Å². The molecule has 2 N–H and O–H groups in total. The fourth-order valence-corrected chi connectivity index (χ4v) is 3.36. The lowest BCUT2D eigenvalue weighted by molar-refractivity contribution is 0.100. The number of fused-ring (bicyclic) bond motifs is 3. The summed E-state index contributed by atoms with van der Waals surface area (Å²) in [5, 5.41) is 1.37. The molecule has 1 aromatic heterocycles. The Hall–Kier alpha value is -3.28. The lowest BCUT2D eigenvalue weighted by atomic mass is 10.1. The maximum Gasteiger partial charge on any atom is 0.249 e. The molecular weight excluding hydrogens is 341 g/mol. The average Bonchev–Trinajstić information content (AvgIpc) is 2.92. The highest BCUT2D eigenvalue weighted by Crippen LogP contribution is 2.32. The van der Waals surface area contributed by atoms with Crippen LogP contribution in [0.5, 0.6) is 0 Å². The molecule has 0 spiro atoms. The van der Waals surface area contributed by atoms with E-state index in [0.717, 1.165) is 5.39 Å². The molecule has 0 saturated carbocycles. The maximum absolute atomic E-state index is 14.1. The molecule has 0 unspecified atom stereocenters. The van der Waals surface area contributed by atoms with Crippen molar-refractivity contribution in [1.82, 2.24) is 4.57 Å². The van der Waals surface area contributed by atoms with Gasteiger partial charge in [0, 0.05) is 39.5 Å². The minimum atomic E-state index is -0.970. The van der Waals surface area contributed by atoms with Crippen molar-refractivity contribution < 1.29 is 18.0 Å². The van der Waals surface area contributed by atoms with Crippen LogP contribution in [0.4, 0.5) is 13.2 Å². The maximum atomic E-state index is 14.1. The number of carbonyl (C=O) groups is 1. The molecule has 0 aliphatic carbocycles. The van der Waals surface area contributed by atoms with Crippen LogP contribution in [0.15, 0.2) is 54.6 Å². The van der Waals surface area contributed by atoms with E-state index in [4.69, 9.17) is 5.73 Å². The van der Waals surface area contributed by atoms with Crippen LogP contribution in [0.1, 0.15) is 15.9 Å². The Balaban J connectivity index is 2.04. The molecule has 4 aromatic rings. The molecule has 26 heavy (non-hydrogen) atoms. The third-order valence-corrected chi connectivity index (χ3v) is 4.48. The van der Waals surface area contributed by atoms with E-state index in [1.165, 1.54) is 0 Å². The van der Waals surface area contributed by atoms with E-state index in [1.807, 2.05) is 12.1 Å². The molecule has 0 atom stereocenters. The van der Waals surface area contributed by atoms with Crippen molar-refractivity contribution >= 4 is 27.7 Å². The quantitative estimate of drug-likeness (QED) is 0.584. The van der Waals surface area contributed by atoms with Gasteiger partial charge in [0.2, 0.25) is 5.91 Å². The van der Waals surface area contributed by atoms with Gasteiger partial charge in [-0.05, 0) is 18.2 Å². The minimum Gasteiger partial charge on any atom is -0.366 e. The fourth-order valence-electron chi connectivity index (χ4n) is 3.36. The Bertz CT molecular complexity index is 1160. The van der Waals surface area contributed by atoms with Gasteiger partial charge in [-0.25, -0.2) is 13.2 Å². The Morgan fingerprint density at radius 2 is 1.58 bits per heavy atom. The van der Waals surface area contributed by atoms with Gasteiger partial charge in [-0.2, -0.15) is 0 Å². The SMILES string of the molecule is NC(=O)c1cccc2c1c1ccccc1n2Cc1c(F)cc(F)cc1F. The Kier molecular flexibility index (Phi) is 3.68. The first-order valence-corrected chi connectivity index (χ1v) is 7.90. The largest absolute Gasteiger partial charge is 0.366 e. The number of carbonyl (C=O) groups excluding carboxylic acids is 1. The van der Waals surface area contributed by atoms with E-state index in [0.29, 0.717) is 34.1 Å². The number of benzene rings is 3. The molecule has 6 heteroatoms. The van der Waals surface area contributed by atoms with Gasteiger partial charge in [-0.3, -0.25) is 4.79 Å². The molecule has 3 nitrogen and oxygen atoms in total. The highest BCUT2D eigenvalue weighted by Gasteiger charge is 2.19. The molecule has 0 aliphatic rings. The molecule has 0 fully saturated rings. The standard InChI is InChI=1S/C20H13F3N2O/c21-11-8-15(22)14(16(23)9-11)10-25-17-6-2-1-4-12(17)19-13(20(24)26)5-3-7-18(19)25/h1-9H,10H2,(H2,24,26). The van der Waals surface area contributed by atoms with Gasteiger partial charge in [0.1, 0.15) is 17.5 Å². The Morgan fingerprint density at radius 1 is 0.923 bits per heavy atom. The molecule has 0 aliphatic heterocycles. The Labute approximate surface area is 146 Å². The first-order valence-electron chi connectivity index (χ1n) is 7.90. The second-order valence-corrected chi connectivity index (χ2v) is 6.02. The number of para-hydroxylation sites is 1. The van der Waals surface area contributed by atoms with Crippen molar-refractivity contribution in [2.75, 3.05) is 0 Å². The van der Waals surface area contributed by atoms with Gasteiger partial charge < -0.3 is 10.3 Å². The summed E-state index contributed by atoms with van der Waals surface area (Å²) in [6, 6.07) is 13.5. The molecule has 0 saturated heterocycles. The van der Waals surface area contributed by atoms with Crippen LogP contribution in [0.2, 0.25) is 0 Å². The number of nitrogens with zero attached hydrogens (tertiary/aromatic N) is 1. The van der Waals surface area contributed by atoms with Crippen molar-refractivity contribution in [3.63, 3.8) is 0 Å². The van der Waals surface area contributed by atoms with E-state index >= 15 is 0 Å². The highest BCUT2D eigenvalue weighted by molar-refractivity contribution is 6.17. The first-order chi connectivity index (χ1) is 12.5. The normalized spacial score (nSPS) is 11.3. The summed E-state index contributed by atoms with van der Waals surface area (Å²) in [5.74, 6) is -3.47. The third-order valence-electron chi connectivity index (χ3n) is 4.48. The summed E-state index contributed by atoms with van der Waals surface area (Å²) < 4.78 is 43.2. The number of halogens is 3. The van der Waals surface area contributed by atoms with E-state index in [-0.39, 0.29) is 12.1 Å². The van der Waals surface area contributed by atoms with Crippen molar-refractivity contribution in [1.29, 1.82) is 0 Å². The first kappa shape index (κ1) is 16.2. The minimum absolute atomic E-state index is 0.149. The average molecular weight is 354 g/mol. The van der Waals surface area contributed by atoms with Crippen LogP contribution in [-0.2, 0) is 6.54 Å². The zero-order valence-corrected chi connectivity index (χ0v) is 13.5. The summed E-state index contributed by atoms with van der Waals surface area (Å²) in [6.07, 6.45) is 0. The van der Waals surface area contributed by atoms with Crippen LogP contribution in [0, 0.1) is 17.5 Å². The number of aromatic nitrogens is 1. The number of amides is 1. The van der Waals surface area contributed by atoms with Gasteiger partial charge in [0.15, 0.2) is 0 Å². The van der Waals surface area contributed by atoms with Gasteiger partial charge in [0.25, 0.3) is 0 Å². The van der Waals surface area contributed by atoms with Crippen LogP contribution in [0.25, 0.3) is 21.8 Å². The van der Waals surface area contributed by atoms with E-state index in [2.05, 4.69) is 0 Å². The molecular formula is C20H13F3N2O. The number of nitrogens with two attached hydrogens (primary N) is 1. The molecule has 0 radical (unpaired) electrons. The Morgan fingerprint density at radius 3 is 2.27 bits per heavy atom. The van der Waals surface area contributed by atoms with Crippen LogP contribution in [-0.4, -0.2) is 10.5 Å².